The SMILES string of the molecule is C=CC(=O)Nc1cccc(-c2cnc3[nH]cc(-c4cc(F)cc(F)c4OC)c3n2)c1.C=CC(=O)Nc1cccc(-c2cnc3[nH]cc(-c4cccc(S(=O)(=O)N(C)C(C)(C)C)c4)c3n2)c1.CCC#CC(=O)Nc1cccc(-c2cnc3[nH]cc(-c4cccc(S(=O)(=O)N(C)C(C)(C)C)c4)c3n2)c1. The fraction of sp³-hybridized carbons (Fsp3) is 0.171. The first-order chi connectivity index (χ1) is 48.5. The number of carbonyl (C=O) groups is 3. The third kappa shape index (κ3) is 16.4. The zero-order chi connectivity index (χ0) is 73.4. The lowest BCUT2D eigenvalue weighted by atomic mass is 10.1. The van der Waals surface area contributed by atoms with Gasteiger partial charge in [0.2, 0.25) is 31.9 Å². The van der Waals surface area contributed by atoms with Crippen molar-refractivity contribution in [1.82, 2.24) is 53.5 Å². The summed E-state index contributed by atoms with van der Waals surface area (Å²) in [6.07, 6.45) is 13.0. The van der Waals surface area contributed by atoms with Crippen LogP contribution in [0.15, 0.2) is 206 Å². The van der Waals surface area contributed by atoms with Gasteiger partial charge in [-0.15, -0.1) is 0 Å². The molecule has 0 aliphatic rings. The minimum absolute atomic E-state index is 0.0846. The van der Waals surface area contributed by atoms with Crippen molar-refractivity contribution in [2.75, 3.05) is 37.2 Å². The second-order valence-corrected chi connectivity index (χ2v) is 29.0. The summed E-state index contributed by atoms with van der Waals surface area (Å²) in [5.74, 6) is 2.66. The molecule has 12 aromatic rings. The number of rotatable bonds is 16. The fourth-order valence-electron chi connectivity index (χ4n) is 10.4. The molecule has 0 saturated carbocycles. The standard InChI is InChI=1S/C28H29N5O3S.C26H27N5O3S.C22H16F2N4O2/c1-6-7-14-25(34)31-21-12-8-11-20(15-21)24-18-30-27-26(32-24)23(17-29-27)19-10-9-13-22(16-19)37(35,36)33(5)28(2,3)4;1-6-23(32)29-19-11-7-10-18(13-19)22-16-28-25-24(30-22)21(15-27-25)17-9-8-12-20(14-17)35(33,34)31(5)26(2,3)4;1-3-19(29)27-14-6-4-5-12(7-14)18-11-26-22-20(28-18)16(10-25-22)15-8-13(23)9-17(24)21(15)30-2/h8-13,15-18H,6H2,1-5H3,(H,29,30)(H,31,34);6-16H,1H2,2-5H3,(H,27,28)(H,29,32);3-11H,1H2,2H3,(H,25,26)(H,27,29). The molecule has 22 nitrogen and oxygen atoms in total. The minimum atomic E-state index is -3.69. The summed E-state index contributed by atoms with van der Waals surface area (Å²) in [7, 11) is -2.90. The van der Waals surface area contributed by atoms with Crippen LogP contribution in [-0.2, 0) is 34.4 Å². The van der Waals surface area contributed by atoms with E-state index in [1.54, 1.807) is 124 Å². The van der Waals surface area contributed by atoms with Crippen LogP contribution in [0.3, 0.4) is 0 Å². The van der Waals surface area contributed by atoms with E-state index in [9.17, 15) is 40.0 Å². The molecule has 102 heavy (non-hydrogen) atoms. The van der Waals surface area contributed by atoms with Crippen LogP contribution < -0.4 is 20.7 Å². The Morgan fingerprint density at radius 3 is 1.28 bits per heavy atom. The predicted molar refractivity (Wildman–Crippen MR) is 395 cm³/mol. The number of anilines is 3. The molecule has 0 atom stereocenters. The Balaban J connectivity index is 0.000000166. The number of H-pyrrole nitrogens is 3. The van der Waals surface area contributed by atoms with Gasteiger partial charge in [-0.25, -0.2) is 55.5 Å². The Kier molecular flexibility index (Phi) is 21.6. The molecule has 0 aliphatic heterocycles. The van der Waals surface area contributed by atoms with Crippen LogP contribution in [-0.4, -0.2) is 120 Å². The highest BCUT2D eigenvalue weighted by molar-refractivity contribution is 7.89. The molecule has 6 aromatic heterocycles. The molecule has 6 N–H and O–H groups in total. The fourth-order valence-corrected chi connectivity index (χ4v) is 13.5. The number of fused-ring (bicyclic) bond motifs is 3. The molecule has 0 saturated heterocycles. The van der Waals surface area contributed by atoms with Gasteiger partial charge < -0.3 is 35.6 Å². The van der Waals surface area contributed by atoms with Gasteiger partial charge in [-0.2, -0.15) is 8.61 Å². The first kappa shape index (κ1) is 72.8. The maximum atomic E-state index is 14.2. The molecule has 6 aromatic carbocycles. The molecule has 26 heteroatoms. The lowest BCUT2D eigenvalue weighted by Crippen LogP contribution is -2.42. The van der Waals surface area contributed by atoms with Crippen molar-refractivity contribution < 1.29 is 44.7 Å². The van der Waals surface area contributed by atoms with Crippen LogP contribution in [0.5, 0.6) is 5.75 Å². The third-order valence-electron chi connectivity index (χ3n) is 16.2. The van der Waals surface area contributed by atoms with Crippen molar-refractivity contribution in [2.24, 2.45) is 0 Å². The van der Waals surface area contributed by atoms with Crippen molar-refractivity contribution in [1.29, 1.82) is 0 Å². The number of sulfonamides is 2. The second-order valence-electron chi connectivity index (χ2n) is 25.0. The third-order valence-corrected chi connectivity index (χ3v) is 20.4. The number of methoxy groups -OCH3 is 1. The summed E-state index contributed by atoms with van der Waals surface area (Å²) < 4.78 is 88.7. The Morgan fingerprint density at radius 2 is 0.902 bits per heavy atom. The quantitative estimate of drug-likeness (QED) is 0.0387. The van der Waals surface area contributed by atoms with E-state index in [0.29, 0.717) is 96.3 Å². The number of nitrogens with zero attached hydrogens (tertiary/aromatic N) is 8. The molecule has 0 aliphatic carbocycles. The summed E-state index contributed by atoms with van der Waals surface area (Å²) in [5, 5.41) is 8.19. The second kappa shape index (κ2) is 30.3. The van der Waals surface area contributed by atoms with Gasteiger partial charge in [0.15, 0.2) is 28.5 Å². The lowest BCUT2D eigenvalue weighted by Gasteiger charge is -2.31. The first-order valence-corrected chi connectivity index (χ1v) is 34.6. The van der Waals surface area contributed by atoms with Crippen LogP contribution in [0.1, 0.15) is 54.9 Å². The Morgan fingerprint density at radius 1 is 0.529 bits per heavy atom. The number of amides is 3. The van der Waals surface area contributed by atoms with Crippen LogP contribution in [0, 0.1) is 23.5 Å². The number of carbonyl (C=O) groups excluding carboxylic acids is 3. The summed E-state index contributed by atoms with van der Waals surface area (Å²) in [6.45, 7) is 19.9. The van der Waals surface area contributed by atoms with Gasteiger partial charge in [-0.05, 0) is 137 Å². The highest BCUT2D eigenvalue weighted by Crippen LogP contribution is 2.39. The number of ether oxygens (including phenoxy) is 1. The molecule has 520 valence electrons. The number of nitrogens with one attached hydrogen (secondary N) is 6. The molecule has 0 radical (unpaired) electrons. The first-order valence-electron chi connectivity index (χ1n) is 31.7. The molecule has 12 rings (SSSR count). The Labute approximate surface area is 588 Å². The topological polar surface area (TPSA) is 296 Å². The number of halogens is 2. The predicted octanol–water partition coefficient (Wildman–Crippen LogP) is 14.6. The van der Waals surface area contributed by atoms with Crippen LogP contribution in [0.2, 0.25) is 0 Å². The van der Waals surface area contributed by atoms with E-state index < -0.39 is 42.8 Å². The maximum Gasteiger partial charge on any atom is 0.300 e. The highest BCUT2D eigenvalue weighted by atomic mass is 32.2. The van der Waals surface area contributed by atoms with E-state index in [0.717, 1.165) is 28.3 Å². The van der Waals surface area contributed by atoms with Gasteiger partial charge >= 0.3 is 0 Å². The molecular weight excluding hydrogens is 1340 g/mol. The summed E-state index contributed by atoms with van der Waals surface area (Å²) >= 11 is 0. The number of hydrogen-bond acceptors (Lipinski definition) is 14. The van der Waals surface area contributed by atoms with E-state index in [4.69, 9.17) is 14.7 Å². The molecule has 0 bridgehead atoms. The van der Waals surface area contributed by atoms with Gasteiger partial charge in [0.1, 0.15) is 22.4 Å². The van der Waals surface area contributed by atoms with Crippen LogP contribution in [0.4, 0.5) is 25.8 Å². The maximum absolute atomic E-state index is 14.2. The van der Waals surface area contributed by atoms with E-state index in [1.165, 1.54) is 33.9 Å². The average Bonchev–Trinajstić information content (AvgIpc) is 1.64. The number of aromatic amines is 3. The van der Waals surface area contributed by atoms with Crippen molar-refractivity contribution in [2.45, 2.75) is 75.8 Å². The van der Waals surface area contributed by atoms with Crippen LogP contribution in [0.25, 0.3) is 101 Å². The molecule has 6 heterocycles. The van der Waals surface area contributed by atoms with Crippen molar-refractivity contribution in [3.8, 4) is 84.7 Å². The van der Waals surface area contributed by atoms with Gasteiger partial charge in [0.25, 0.3) is 5.91 Å². The van der Waals surface area contributed by atoms with Gasteiger partial charge in [0.05, 0.1) is 52.6 Å². The van der Waals surface area contributed by atoms with Crippen molar-refractivity contribution in [3.05, 3.63) is 208 Å². The normalized spacial score (nSPS) is 11.6. The van der Waals surface area contributed by atoms with Gasteiger partial charge in [-0.1, -0.05) is 86.7 Å². The average molecular weight is 1410 g/mol. The molecular formula is C76H72F2N14O8S2. The molecule has 0 fully saturated rings. The summed E-state index contributed by atoms with van der Waals surface area (Å²) in [4.78, 5) is 72.4. The molecule has 3 amide bonds. The van der Waals surface area contributed by atoms with Gasteiger partial charge in [0, 0.05) is 112 Å². The Bertz CT molecular complexity index is 5530. The minimum Gasteiger partial charge on any atom is -0.493 e. The monoisotopic (exact) mass is 1410 g/mol. The van der Waals surface area contributed by atoms with E-state index >= 15 is 0 Å². The molecule has 0 unspecified atom stereocenters. The van der Waals surface area contributed by atoms with E-state index in [-0.39, 0.29) is 38.8 Å². The number of aromatic nitrogens is 9. The number of benzene rings is 6. The zero-order valence-electron chi connectivity index (χ0n) is 57.4. The van der Waals surface area contributed by atoms with Gasteiger partial charge in [-0.3, -0.25) is 14.4 Å². The van der Waals surface area contributed by atoms with E-state index in [1.807, 2.05) is 97.0 Å². The van der Waals surface area contributed by atoms with Crippen LogP contribution >= 0.6 is 0 Å². The Hall–Kier alpha value is -11.9. The van der Waals surface area contributed by atoms with Crippen molar-refractivity contribution >= 4 is 88.3 Å². The molecule has 0 spiro atoms. The lowest BCUT2D eigenvalue weighted by molar-refractivity contribution is -0.112. The number of hydrogen-bond donors (Lipinski definition) is 6. The smallest absolute Gasteiger partial charge is 0.300 e. The van der Waals surface area contributed by atoms with Crippen molar-refractivity contribution in [3.63, 3.8) is 0 Å². The van der Waals surface area contributed by atoms with E-state index in [2.05, 4.69) is 75.8 Å². The zero-order valence-corrected chi connectivity index (χ0v) is 59.0. The highest BCUT2D eigenvalue weighted by Gasteiger charge is 2.32. The summed E-state index contributed by atoms with van der Waals surface area (Å²) in [5.41, 5.74) is 11.5. The largest absolute Gasteiger partial charge is 0.493 e. The summed E-state index contributed by atoms with van der Waals surface area (Å²) in [6, 6.07) is 37.2.